The van der Waals surface area contributed by atoms with Gasteiger partial charge in [0.1, 0.15) is 4.99 Å². The highest BCUT2D eigenvalue weighted by atomic mass is 35.5. The van der Waals surface area contributed by atoms with Gasteiger partial charge in [-0.3, -0.25) is 0 Å². The Balaban J connectivity index is 2.57. The zero-order valence-corrected chi connectivity index (χ0v) is 11.3. The molecule has 0 bridgehead atoms. The average molecular weight is 286 g/mol. The Kier molecular flexibility index (Phi) is 3.38. The van der Waals surface area contributed by atoms with Crippen molar-refractivity contribution in [3.05, 3.63) is 45.7 Å². The third-order valence-corrected chi connectivity index (χ3v) is 3.02. The smallest absolute Gasteiger partial charge is 0.107 e. The van der Waals surface area contributed by atoms with Gasteiger partial charge in [0.2, 0.25) is 0 Å². The van der Waals surface area contributed by atoms with Gasteiger partial charge in [0.15, 0.2) is 0 Å². The van der Waals surface area contributed by atoms with Crippen molar-refractivity contribution < 1.29 is 0 Å². The van der Waals surface area contributed by atoms with Gasteiger partial charge >= 0.3 is 0 Å². The largest absolute Gasteiger partial charge is 0.389 e. The van der Waals surface area contributed by atoms with Crippen LogP contribution in [0.2, 0.25) is 10.0 Å². The molecular formula is C11H9Cl2N3S. The van der Waals surface area contributed by atoms with E-state index in [1.54, 1.807) is 29.1 Å². The van der Waals surface area contributed by atoms with Crippen molar-refractivity contribution in [1.82, 2.24) is 9.78 Å². The van der Waals surface area contributed by atoms with Gasteiger partial charge in [-0.05, 0) is 25.1 Å². The SMILES string of the molecule is Cc1c(C(N)=S)cnn1-c1cc(Cl)cc(Cl)c1. The van der Waals surface area contributed by atoms with E-state index in [1.807, 2.05) is 6.92 Å². The maximum absolute atomic E-state index is 5.95. The number of aromatic nitrogens is 2. The van der Waals surface area contributed by atoms with Gasteiger partial charge in [0, 0.05) is 10.0 Å². The first-order valence-corrected chi connectivity index (χ1v) is 5.96. The van der Waals surface area contributed by atoms with Crippen LogP contribution >= 0.6 is 35.4 Å². The third kappa shape index (κ3) is 2.44. The van der Waals surface area contributed by atoms with Crippen LogP contribution in [0.4, 0.5) is 0 Å². The predicted octanol–water partition coefficient (Wildman–Crippen LogP) is 3.12. The Morgan fingerprint density at radius 1 is 1.29 bits per heavy atom. The summed E-state index contributed by atoms with van der Waals surface area (Å²) in [5, 5.41) is 5.33. The van der Waals surface area contributed by atoms with E-state index in [4.69, 9.17) is 41.2 Å². The predicted molar refractivity (Wildman–Crippen MR) is 74.2 cm³/mol. The molecule has 0 atom stereocenters. The molecule has 17 heavy (non-hydrogen) atoms. The first-order valence-electron chi connectivity index (χ1n) is 4.80. The lowest BCUT2D eigenvalue weighted by atomic mass is 10.2. The molecule has 1 aromatic carbocycles. The van der Waals surface area contributed by atoms with E-state index >= 15 is 0 Å². The van der Waals surface area contributed by atoms with Crippen molar-refractivity contribution >= 4 is 40.4 Å². The van der Waals surface area contributed by atoms with Crippen molar-refractivity contribution in [1.29, 1.82) is 0 Å². The van der Waals surface area contributed by atoms with Crippen LogP contribution in [0.1, 0.15) is 11.3 Å². The van der Waals surface area contributed by atoms with Crippen molar-refractivity contribution in [2.75, 3.05) is 0 Å². The van der Waals surface area contributed by atoms with E-state index in [0.717, 1.165) is 16.9 Å². The molecule has 2 aromatic rings. The van der Waals surface area contributed by atoms with Gasteiger partial charge < -0.3 is 5.73 Å². The number of benzene rings is 1. The van der Waals surface area contributed by atoms with Crippen molar-refractivity contribution in [2.45, 2.75) is 6.92 Å². The molecule has 1 aromatic heterocycles. The minimum absolute atomic E-state index is 0.321. The summed E-state index contributed by atoms with van der Waals surface area (Å²) in [6.07, 6.45) is 1.63. The summed E-state index contributed by atoms with van der Waals surface area (Å²) >= 11 is 16.8. The Morgan fingerprint density at radius 3 is 2.35 bits per heavy atom. The molecule has 0 aliphatic carbocycles. The Labute approximate surface area is 114 Å². The van der Waals surface area contributed by atoms with Gasteiger partial charge in [-0.1, -0.05) is 35.4 Å². The minimum Gasteiger partial charge on any atom is -0.389 e. The number of rotatable bonds is 2. The molecule has 0 unspecified atom stereocenters. The van der Waals surface area contributed by atoms with Crippen LogP contribution in [0.5, 0.6) is 0 Å². The Hall–Kier alpha value is -1.10. The molecule has 0 aliphatic heterocycles. The number of hydrogen-bond acceptors (Lipinski definition) is 2. The molecule has 3 nitrogen and oxygen atoms in total. The number of halogens is 2. The van der Waals surface area contributed by atoms with E-state index in [1.165, 1.54) is 0 Å². The van der Waals surface area contributed by atoms with E-state index in [9.17, 15) is 0 Å². The summed E-state index contributed by atoms with van der Waals surface area (Å²) in [6.45, 7) is 1.89. The van der Waals surface area contributed by atoms with Crippen LogP contribution in [0.3, 0.4) is 0 Å². The van der Waals surface area contributed by atoms with Crippen molar-refractivity contribution in [3.63, 3.8) is 0 Å². The number of nitrogens with zero attached hydrogens (tertiary/aromatic N) is 2. The summed E-state index contributed by atoms with van der Waals surface area (Å²) in [6, 6.07) is 5.22. The van der Waals surface area contributed by atoms with Crippen molar-refractivity contribution in [2.24, 2.45) is 5.73 Å². The first-order chi connectivity index (χ1) is 7.99. The summed E-state index contributed by atoms with van der Waals surface area (Å²) in [5.41, 5.74) is 7.98. The lowest BCUT2D eigenvalue weighted by Gasteiger charge is -2.06. The fourth-order valence-electron chi connectivity index (χ4n) is 1.57. The van der Waals surface area contributed by atoms with Crippen LogP contribution in [-0.4, -0.2) is 14.8 Å². The van der Waals surface area contributed by atoms with Gasteiger partial charge in [0.25, 0.3) is 0 Å². The fraction of sp³-hybridized carbons (Fsp3) is 0.0909. The highest BCUT2D eigenvalue weighted by Crippen LogP contribution is 2.23. The number of nitrogens with two attached hydrogens (primary N) is 1. The fourth-order valence-corrected chi connectivity index (χ4v) is 2.29. The Morgan fingerprint density at radius 2 is 1.88 bits per heavy atom. The highest BCUT2D eigenvalue weighted by molar-refractivity contribution is 7.80. The molecule has 0 saturated heterocycles. The van der Waals surface area contributed by atoms with E-state index in [2.05, 4.69) is 5.10 Å². The molecule has 0 aliphatic rings. The van der Waals surface area contributed by atoms with E-state index in [0.29, 0.717) is 15.0 Å². The number of hydrogen-bond donors (Lipinski definition) is 1. The molecule has 2 rings (SSSR count). The molecule has 0 saturated carbocycles. The van der Waals surface area contributed by atoms with Gasteiger partial charge in [-0.25, -0.2) is 4.68 Å². The molecule has 0 amide bonds. The summed E-state index contributed by atoms with van der Waals surface area (Å²) in [4.78, 5) is 0.321. The molecule has 0 fully saturated rings. The maximum atomic E-state index is 5.95. The summed E-state index contributed by atoms with van der Waals surface area (Å²) in [5.74, 6) is 0. The lowest BCUT2D eigenvalue weighted by Crippen LogP contribution is -2.10. The lowest BCUT2D eigenvalue weighted by molar-refractivity contribution is 0.847. The summed E-state index contributed by atoms with van der Waals surface area (Å²) < 4.78 is 1.70. The van der Waals surface area contributed by atoms with Crippen LogP contribution in [0, 0.1) is 6.92 Å². The zero-order chi connectivity index (χ0) is 12.6. The molecule has 0 radical (unpaired) electrons. The second-order valence-corrected chi connectivity index (χ2v) is 4.86. The minimum atomic E-state index is 0.321. The second-order valence-electron chi connectivity index (χ2n) is 3.55. The molecule has 0 spiro atoms. The van der Waals surface area contributed by atoms with Crippen LogP contribution in [-0.2, 0) is 0 Å². The quantitative estimate of drug-likeness (QED) is 0.863. The molecule has 1 heterocycles. The monoisotopic (exact) mass is 285 g/mol. The van der Waals surface area contributed by atoms with Crippen LogP contribution in [0.25, 0.3) is 5.69 Å². The molecular weight excluding hydrogens is 277 g/mol. The van der Waals surface area contributed by atoms with Gasteiger partial charge in [-0.15, -0.1) is 0 Å². The molecule has 6 heteroatoms. The van der Waals surface area contributed by atoms with Gasteiger partial charge in [-0.2, -0.15) is 5.10 Å². The average Bonchev–Trinajstić information content (AvgIpc) is 2.58. The zero-order valence-electron chi connectivity index (χ0n) is 8.95. The normalized spacial score (nSPS) is 10.5. The maximum Gasteiger partial charge on any atom is 0.107 e. The second kappa shape index (κ2) is 4.64. The third-order valence-electron chi connectivity index (χ3n) is 2.37. The van der Waals surface area contributed by atoms with Gasteiger partial charge in [0.05, 0.1) is 23.1 Å². The highest BCUT2D eigenvalue weighted by Gasteiger charge is 2.10. The Bertz CT molecular complexity index is 572. The standard InChI is InChI=1S/C11H9Cl2N3S/c1-6-10(11(14)17)5-15-16(6)9-3-7(12)2-8(13)4-9/h2-5H,1H3,(H2,14,17). The van der Waals surface area contributed by atoms with E-state index < -0.39 is 0 Å². The molecule has 2 N–H and O–H groups in total. The molecule has 88 valence electrons. The van der Waals surface area contributed by atoms with E-state index in [-0.39, 0.29) is 0 Å². The first kappa shape index (κ1) is 12.4. The summed E-state index contributed by atoms with van der Waals surface area (Å²) in [7, 11) is 0. The van der Waals surface area contributed by atoms with Crippen LogP contribution < -0.4 is 5.73 Å². The van der Waals surface area contributed by atoms with Crippen molar-refractivity contribution in [3.8, 4) is 5.69 Å². The van der Waals surface area contributed by atoms with Crippen LogP contribution in [0.15, 0.2) is 24.4 Å². The number of thiocarbonyl (C=S) groups is 1. The topological polar surface area (TPSA) is 43.8 Å².